The van der Waals surface area contributed by atoms with E-state index in [0.717, 1.165) is 0 Å². The number of carbonyl (C=O) groups is 2. The molecule has 0 amide bonds. The Labute approximate surface area is 186 Å². The number of cyclic esters (lactones) is 1. The summed E-state index contributed by atoms with van der Waals surface area (Å²) in [7, 11) is 1.44. The molecule has 31 heavy (non-hydrogen) atoms. The van der Waals surface area contributed by atoms with Gasteiger partial charge in [-0.25, -0.2) is 9.79 Å². The molecular formula is C24H24ClNO5. The lowest BCUT2D eigenvalue weighted by molar-refractivity contribution is -0.134. The van der Waals surface area contributed by atoms with Gasteiger partial charge in [0.2, 0.25) is 5.90 Å². The lowest BCUT2D eigenvalue weighted by atomic mass is 9.87. The van der Waals surface area contributed by atoms with E-state index in [9.17, 15) is 9.59 Å². The first-order valence-corrected chi connectivity index (χ1v) is 10.2. The van der Waals surface area contributed by atoms with E-state index < -0.39 is 11.9 Å². The maximum atomic E-state index is 12.3. The molecular weight excluding hydrogens is 418 g/mol. The van der Waals surface area contributed by atoms with Crippen molar-refractivity contribution in [2.75, 3.05) is 7.11 Å². The van der Waals surface area contributed by atoms with Gasteiger partial charge in [-0.15, -0.1) is 0 Å². The van der Waals surface area contributed by atoms with Crippen molar-refractivity contribution in [3.05, 3.63) is 63.8 Å². The molecule has 2 aromatic rings. The highest BCUT2D eigenvalue weighted by atomic mass is 35.5. The zero-order valence-corrected chi connectivity index (χ0v) is 18.9. The first kappa shape index (κ1) is 22.6. The van der Waals surface area contributed by atoms with Crippen molar-refractivity contribution in [3.8, 4) is 11.5 Å². The number of aliphatic imine (C=N–C) groups is 1. The summed E-state index contributed by atoms with van der Waals surface area (Å²) in [5.74, 6) is -0.350. The fraction of sp³-hybridized carbons (Fsp3) is 0.292. The number of carbonyl (C=O) groups excluding carboxylic acids is 2. The Morgan fingerprint density at radius 1 is 1.19 bits per heavy atom. The van der Waals surface area contributed by atoms with Crippen LogP contribution in [0.5, 0.6) is 11.5 Å². The van der Waals surface area contributed by atoms with Gasteiger partial charge in [0.1, 0.15) is 0 Å². The first-order chi connectivity index (χ1) is 14.6. The standard InChI is InChI=1S/C24H24ClNO5/c1-6-20(27)30-21-17(25)11-14(13-19(21)29-5)12-18-23(28)31-22(26-18)15-7-9-16(10-8-15)24(2,3)4/h7-13H,6H2,1-5H3/b18-12-. The number of hydrogen-bond acceptors (Lipinski definition) is 6. The van der Waals surface area contributed by atoms with E-state index in [1.165, 1.54) is 12.7 Å². The number of esters is 2. The summed E-state index contributed by atoms with van der Waals surface area (Å²) in [6.45, 7) is 8.07. The van der Waals surface area contributed by atoms with E-state index in [2.05, 4.69) is 25.8 Å². The molecule has 3 rings (SSSR count). The Balaban J connectivity index is 1.91. The molecule has 0 bridgehead atoms. The monoisotopic (exact) mass is 441 g/mol. The topological polar surface area (TPSA) is 74.2 Å². The SMILES string of the molecule is CCC(=O)Oc1c(Cl)cc(/C=C2\N=C(c3ccc(C(C)(C)C)cc3)OC2=O)cc1OC. The third-order valence-electron chi connectivity index (χ3n) is 4.68. The van der Waals surface area contributed by atoms with E-state index in [4.69, 9.17) is 25.8 Å². The van der Waals surface area contributed by atoms with E-state index in [0.29, 0.717) is 11.1 Å². The average molecular weight is 442 g/mol. The van der Waals surface area contributed by atoms with Crippen LogP contribution in [-0.2, 0) is 19.7 Å². The highest BCUT2D eigenvalue weighted by molar-refractivity contribution is 6.32. The van der Waals surface area contributed by atoms with Gasteiger partial charge in [-0.05, 0) is 46.9 Å². The summed E-state index contributed by atoms with van der Waals surface area (Å²) < 4.78 is 15.9. The summed E-state index contributed by atoms with van der Waals surface area (Å²) in [6.07, 6.45) is 1.74. The predicted octanol–water partition coefficient (Wildman–Crippen LogP) is 5.31. The Kier molecular flexibility index (Phi) is 6.51. The molecule has 0 aliphatic carbocycles. The molecule has 0 saturated carbocycles. The van der Waals surface area contributed by atoms with Gasteiger partial charge in [0.25, 0.3) is 0 Å². The highest BCUT2D eigenvalue weighted by Crippen LogP contribution is 2.37. The zero-order valence-electron chi connectivity index (χ0n) is 18.1. The van der Waals surface area contributed by atoms with Crippen molar-refractivity contribution >= 4 is 35.5 Å². The summed E-state index contributed by atoms with van der Waals surface area (Å²) in [5.41, 5.74) is 2.59. The minimum Gasteiger partial charge on any atom is -0.493 e. The lowest BCUT2D eigenvalue weighted by Crippen LogP contribution is -2.11. The van der Waals surface area contributed by atoms with Gasteiger partial charge in [0, 0.05) is 12.0 Å². The van der Waals surface area contributed by atoms with Crippen LogP contribution in [0, 0.1) is 0 Å². The van der Waals surface area contributed by atoms with Crippen molar-refractivity contribution in [2.45, 2.75) is 39.5 Å². The number of benzene rings is 2. The van der Waals surface area contributed by atoms with Crippen LogP contribution >= 0.6 is 11.6 Å². The summed E-state index contributed by atoms with van der Waals surface area (Å²) in [6, 6.07) is 10.9. The molecule has 1 heterocycles. The molecule has 0 aromatic heterocycles. The van der Waals surface area contributed by atoms with Crippen molar-refractivity contribution in [3.63, 3.8) is 0 Å². The zero-order chi connectivity index (χ0) is 22.8. The molecule has 0 N–H and O–H groups in total. The van der Waals surface area contributed by atoms with E-state index >= 15 is 0 Å². The molecule has 0 atom stereocenters. The van der Waals surface area contributed by atoms with Crippen LogP contribution in [0.15, 0.2) is 47.1 Å². The molecule has 6 nitrogen and oxygen atoms in total. The molecule has 1 aliphatic heterocycles. The van der Waals surface area contributed by atoms with Crippen molar-refractivity contribution < 1.29 is 23.8 Å². The smallest absolute Gasteiger partial charge is 0.363 e. The van der Waals surface area contributed by atoms with Crippen LogP contribution in [0.3, 0.4) is 0 Å². The molecule has 0 spiro atoms. The summed E-state index contributed by atoms with van der Waals surface area (Å²) >= 11 is 6.27. The quantitative estimate of drug-likeness (QED) is 0.357. The Hall–Kier alpha value is -3.12. The van der Waals surface area contributed by atoms with Gasteiger partial charge >= 0.3 is 11.9 Å². The van der Waals surface area contributed by atoms with Gasteiger partial charge < -0.3 is 14.2 Å². The average Bonchev–Trinajstić information content (AvgIpc) is 3.09. The maximum Gasteiger partial charge on any atom is 0.363 e. The second-order valence-electron chi connectivity index (χ2n) is 8.03. The van der Waals surface area contributed by atoms with Gasteiger partial charge in [-0.2, -0.15) is 0 Å². The second kappa shape index (κ2) is 8.94. The summed E-state index contributed by atoms with van der Waals surface area (Å²) in [4.78, 5) is 28.3. The van der Waals surface area contributed by atoms with Crippen molar-refractivity contribution in [1.82, 2.24) is 0 Å². The van der Waals surface area contributed by atoms with Gasteiger partial charge in [-0.1, -0.05) is 51.4 Å². The fourth-order valence-electron chi connectivity index (χ4n) is 2.91. The van der Waals surface area contributed by atoms with Crippen LogP contribution in [-0.4, -0.2) is 24.9 Å². The maximum absolute atomic E-state index is 12.3. The second-order valence-corrected chi connectivity index (χ2v) is 8.43. The normalized spacial score (nSPS) is 15.0. The van der Waals surface area contributed by atoms with E-state index in [1.807, 2.05) is 24.3 Å². The van der Waals surface area contributed by atoms with Crippen LogP contribution in [0.1, 0.15) is 50.8 Å². The molecule has 0 fully saturated rings. The van der Waals surface area contributed by atoms with Crippen LogP contribution in [0.25, 0.3) is 6.08 Å². The van der Waals surface area contributed by atoms with Gasteiger partial charge in [0.15, 0.2) is 17.2 Å². The summed E-state index contributed by atoms with van der Waals surface area (Å²) in [5, 5.41) is 0.182. The molecule has 0 unspecified atom stereocenters. The Morgan fingerprint density at radius 2 is 1.87 bits per heavy atom. The minimum atomic E-state index is -0.563. The minimum absolute atomic E-state index is 0.0215. The van der Waals surface area contributed by atoms with Gasteiger partial charge in [0.05, 0.1) is 12.1 Å². The molecule has 2 aromatic carbocycles. The highest BCUT2D eigenvalue weighted by Gasteiger charge is 2.25. The molecule has 0 saturated heterocycles. The lowest BCUT2D eigenvalue weighted by Gasteiger charge is -2.18. The van der Waals surface area contributed by atoms with Crippen LogP contribution in [0.4, 0.5) is 0 Å². The number of methoxy groups -OCH3 is 1. The molecule has 162 valence electrons. The number of ether oxygens (including phenoxy) is 3. The first-order valence-electron chi connectivity index (χ1n) is 9.84. The third-order valence-corrected chi connectivity index (χ3v) is 4.96. The number of halogens is 1. The third kappa shape index (κ3) is 5.14. The molecule has 7 heteroatoms. The van der Waals surface area contributed by atoms with Crippen molar-refractivity contribution in [1.29, 1.82) is 0 Å². The van der Waals surface area contributed by atoms with Crippen molar-refractivity contribution in [2.24, 2.45) is 4.99 Å². The largest absolute Gasteiger partial charge is 0.493 e. The van der Waals surface area contributed by atoms with Crippen LogP contribution in [0.2, 0.25) is 5.02 Å². The molecule has 1 aliphatic rings. The van der Waals surface area contributed by atoms with Crippen LogP contribution < -0.4 is 9.47 Å². The predicted molar refractivity (Wildman–Crippen MR) is 120 cm³/mol. The van der Waals surface area contributed by atoms with E-state index in [-0.39, 0.29) is 40.0 Å². The Bertz CT molecular complexity index is 1080. The number of nitrogens with zero attached hydrogens (tertiary/aromatic N) is 1. The Morgan fingerprint density at radius 3 is 2.45 bits per heavy atom. The van der Waals surface area contributed by atoms with Gasteiger partial charge in [-0.3, -0.25) is 4.79 Å². The van der Waals surface area contributed by atoms with E-state index in [1.54, 1.807) is 25.1 Å². The fourth-order valence-corrected chi connectivity index (χ4v) is 3.17. The molecule has 0 radical (unpaired) electrons. The number of rotatable bonds is 5. The number of hydrogen-bond donors (Lipinski definition) is 0.